The zero-order chi connectivity index (χ0) is 26.4. The minimum Gasteiger partial charge on any atom is -0.454 e. The summed E-state index contributed by atoms with van der Waals surface area (Å²) < 4.78 is 12.8. The highest BCUT2D eigenvalue weighted by Crippen LogP contribution is 2.37. The summed E-state index contributed by atoms with van der Waals surface area (Å²) in [6, 6.07) is 17.3. The maximum Gasteiger partial charge on any atom is 0.266 e. The van der Waals surface area contributed by atoms with E-state index in [1.165, 1.54) is 32.8 Å². The summed E-state index contributed by atoms with van der Waals surface area (Å²) in [7, 11) is 0. The van der Waals surface area contributed by atoms with E-state index >= 15 is 0 Å². The first-order valence-corrected chi connectivity index (χ1v) is 13.8. The van der Waals surface area contributed by atoms with Crippen LogP contribution in [-0.2, 0) is 11.3 Å². The van der Waals surface area contributed by atoms with E-state index in [-0.39, 0.29) is 24.8 Å². The number of ether oxygens (including phenoxy) is 2. The van der Waals surface area contributed by atoms with E-state index in [4.69, 9.17) is 26.7 Å². The van der Waals surface area contributed by atoms with E-state index in [2.05, 4.69) is 0 Å². The predicted molar refractivity (Wildman–Crippen MR) is 153 cm³/mol. The molecule has 38 heavy (non-hydrogen) atoms. The van der Waals surface area contributed by atoms with E-state index in [9.17, 15) is 9.59 Å². The second-order valence-corrected chi connectivity index (χ2v) is 11.7. The van der Waals surface area contributed by atoms with Crippen molar-refractivity contribution in [3.63, 3.8) is 0 Å². The normalized spacial score (nSPS) is 15.7. The zero-order valence-corrected chi connectivity index (χ0v) is 22.9. The molecule has 190 valence electrons. The quantitative estimate of drug-likeness (QED) is 0.178. The molecular weight excluding hydrogens is 539 g/mol. The van der Waals surface area contributed by atoms with Gasteiger partial charge < -0.3 is 9.47 Å². The first kappa shape index (κ1) is 24.7. The number of hydrogen-bond donors (Lipinski definition) is 0. The van der Waals surface area contributed by atoms with Gasteiger partial charge in [-0.15, -0.1) is 0 Å². The number of aromatic nitrogens is 2. The third-order valence-corrected chi connectivity index (χ3v) is 8.52. The summed E-state index contributed by atoms with van der Waals surface area (Å²) in [5.41, 5.74) is 3.59. The highest BCUT2D eigenvalue weighted by atomic mass is 32.2. The summed E-state index contributed by atoms with van der Waals surface area (Å²) in [4.78, 5) is 34.8. The Morgan fingerprint density at radius 1 is 1.03 bits per heavy atom. The van der Waals surface area contributed by atoms with Crippen molar-refractivity contribution < 1.29 is 14.3 Å². The number of amides is 1. The van der Waals surface area contributed by atoms with Crippen LogP contribution in [0.2, 0.25) is 0 Å². The summed E-state index contributed by atoms with van der Waals surface area (Å²) in [6.07, 6.45) is 3.38. The first-order valence-electron chi connectivity index (χ1n) is 11.8. The van der Waals surface area contributed by atoms with Crippen LogP contribution in [0.25, 0.3) is 11.7 Å². The molecule has 10 heteroatoms. The number of rotatable bonds is 5. The van der Waals surface area contributed by atoms with Crippen LogP contribution in [-0.4, -0.2) is 31.3 Å². The van der Waals surface area contributed by atoms with Crippen LogP contribution in [0.1, 0.15) is 22.3 Å². The Labute approximate surface area is 232 Å². The fourth-order valence-corrected chi connectivity index (χ4v) is 6.27. The average molecular weight is 560 g/mol. The number of aryl methyl sites for hydroxylation is 2. The predicted octanol–water partition coefficient (Wildman–Crippen LogP) is 5.59. The minimum absolute atomic E-state index is 0.181. The fraction of sp³-hybridized carbons (Fsp3) is 0.143. The Hall–Kier alpha value is -3.60. The van der Waals surface area contributed by atoms with Crippen molar-refractivity contribution in [1.82, 2.24) is 14.3 Å². The molecule has 1 amide bonds. The maximum absolute atomic E-state index is 13.7. The van der Waals surface area contributed by atoms with Gasteiger partial charge in [0.05, 0.1) is 17.0 Å². The van der Waals surface area contributed by atoms with Gasteiger partial charge in [-0.3, -0.25) is 18.9 Å². The van der Waals surface area contributed by atoms with E-state index in [0.29, 0.717) is 37.0 Å². The first-order chi connectivity index (χ1) is 18.4. The van der Waals surface area contributed by atoms with Crippen molar-refractivity contribution in [3.8, 4) is 11.5 Å². The molecule has 2 aliphatic heterocycles. The number of thioether (sulfide) groups is 1. The van der Waals surface area contributed by atoms with Crippen LogP contribution in [0.3, 0.4) is 0 Å². The zero-order valence-electron chi connectivity index (χ0n) is 20.5. The molecule has 2 aromatic carbocycles. The number of carbonyl (C=O) groups excluding carboxylic acids is 1. The lowest BCUT2D eigenvalue weighted by molar-refractivity contribution is -0.122. The number of benzene rings is 2. The van der Waals surface area contributed by atoms with Gasteiger partial charge in [0.15, 0.2) is 11.5 Å². The van der Waals surface area contributed by atoms with Gasteiger partial charge in [-0.05, 0) is 61.4 Å². The van der Waals surface area contributed by atoms with E-state index in [1.54, 1.807) is 12.3 Å². The standard InChI is InChI=1S/C28H21N3O4S3/c1-16-3-7-19(8-4-16)37-25-20(26(32)30-13-17(2)5-10-24(30)29-25)12-23-27(33)31(28(36)38-23)14-18-6-9-21-22(11-18)35-15-34-21/h3-13H,14-15H2,1-2H3. The smallest absolute Gasteiger partial charge is 0.266 e. The fourth-order valence-electron chi connectivity index (χ4n) is 4.15. The molecule has 2 aromatic heterocycles. The third-order valence-electron chi connectivity index (χ3n) is 6.13. The summed E-state index contributed by atoms with van der Waals surface area (Å²) in [6.45, 7) is 4.41. The van der Waals surface area contributed by atoms with Gasteiger partial charge in [0.25, 0.3) is 11.5 Å². The van der Waals surface area contributed by atoms with E-state index in [0.717, 1.165) is 21.6 Å². The van der Waals surface area contributed by atoms with Crippen LogP contribution < -0.4 is 15.0 Å². The van der Waals surface area contributed by atoms with Gasteiger partial charge in [0.1, 0.15) is 15.0 Å². The van der Waals surface area contributed by atoms with Crippen molar-refractivity contribution in [2.75, 3.05) is 6.79 Å². The van der Waals surface area contributed by atoms with Gasteiger partial charge in [0.2, 0.25) is 6.79 Å². The highest BCUT2D eigenvalue weighted by Gasteiger charge is 2.33. The van der Waals surface area contributed by atoms with Crippen molar-refractivity contribution in [2.45, 2.75) is 30.3 Å². The van der Waals surface area contributed by atoms with Crippen molar-refractivity contribution in [3.05, 3.63) is 98.3 Å². The second-order valence-electron chi connectivity index (χ2n) is 8.94. The Morgan fingerprint density at radius 2 is 1.79 bits per heavy atom. The molecular formula is C28H21N3O4S3. The molecule has 0 radical (unpaired) electrons. The van der Waals surface area contributed by atoms with Gasteiger partial charge >= 0.3 is 0 Å². The molecule has 0 N–H and O–H groups in total. The number of pyridine rings is 1. The molecule has 1 saturated heterocycles. The Bertz CT molecular complexity index is 1710. The average Bonchev–Trinajstić information content (AvgIpc) is 3.47. The summed E-state index contributed by atoms with van der Waals surface area (Å²) in [5, 5.41) is 0.531. The van der Waals surface area contributed by atoms with Crippen molar-refractivity contribution in [2.24, 2.45) is 0 Å². The lowest BCUT2D eigenvalue weighted by atomic mass is 10.2. The number of hydrogen-bond acceptors (Lipinski definition) is 8. The topological polar surface area (TPSA) is 73.1 Å². The van der Waals surface area contributed by atoms with E-state index in [1.807, 2.05) is 68.4 Å². The van der Waals surface area contributed by atoms with Crippen LogP contribution in [0.4, 0.5) is 0 Å². The van der Waals surface area contributed by atoms with Gasteiger partial charge in [0, 0.05) is 11.1 Å². The lowest BCUT2D eigenvalue weighted by Crippen LogP contribution is -2.27. The minimum atomic E-state index is -0.252. The van der Waals surface area contributed by atoms with Crippen LogP contribution in [0, 0.1) is 13.8 Å². The number of thiocarbonyl (C=S) groups is 1. The molecule has 0 bridgehead atoms. The molecule has 0 atom stereocenters. The Balaban J connectivity index is 1.38. The largest absolute Gasteiger partial charge is 0.454 e. The molecule has 1 fully saturated rings. The Morgan fingerprint density at radius 3 is 2.61 bits per heavy atom. The van der Waals surface area contributed by atoms with Crippen LogP contribution in [0.5, 0.6) is 11.5 Å². The van der Waals surface area contributed by atoms with Crippen LogP contribution in [0.15, 0.2) is 80.4 Å². The van der Waals surface area contributed by atoms with Gasteiger partial charge in [-0.1, -0.05) is 65.6 Å². The monoisotopic (exact) mass is 559 g/mol. The van der Waals surface area contributed by atoms with Crippen LogP contribution >= 0.6 is 35.7 Å². The third kappa shape index (κ3) is 4.70. The summed E-state index contributed by atoms with van der Waals surface area (Å²) in [5.74, 6) is 1.07. The number of fused-ring (bicyclic) bond motifs is 2. The van der Waals surface area contributed by atoms with Crippen molar-refractivity contribution >= 4 is 57.7 Å². The molecule has 2 aliphatic rings. The van der Waals surface area contributed by atoms with E-state index < -0.39 is 0 Å². The molecule has 4 heterocycles. The lowest BCUT2D eigenvalue weighted by Gasteiger charge is -2.14. The Kier molecular flexibility index (Phi) is 6.46. The molecule has 0 spiro atoms. The van der Waals surface area contributed by atoms with Gasteiger partial charge in [-0.2, -0.15) is 0 Å². The SMILES string of the molecule is Cc1ccc(Sc2nc3ccc(C)cn3c(=O)c2C=C2SC(=S)N(Cc3ccc4c(c3)OCO4)C2=O)cc1. The number of carbonyl (C=O) groups is 1. The molecule has 0 saturated carbocycles. The molecule has 6 rings (SSSR count). The number of nitrogens with zero attached hydrogens (tertiary/aromatic N) is 3. The molecule has 0 aliphatic carbocycles. The maximum atomic E-state index is 13.7. The van der Waals surface area contributed by atoms with Gasteiger partial charge in [-0.25, -0.2) is 4.98 Å². The molecule has 0 unspecified atom stereocenters. The summed E-state index contributed by atoms with van der Waals surface area (Å²) >= 11 is 8.13. The molecule has 4 aromatic rings. The second kappa shape index (κ2) is 9.94. The van der Waals surface area contributed by atoms with Crippen molar-refractivity contribution in [1.29, 1.82) is 0 Å². The molecule has 7 nitrogen and oxygen atoms in total. The highest BCUT2D eigenvalue weighted by molar-refractivity contribution is 8.26.